The van der Waals surface area contributed by atoms with Gasteiger partial charge in [0, 0.05) is 39.0 Å². The van der Waals surface area contributed by atoms with E-state index in [0.717, 1.165) is 38.5 Å². The van der Waals surface area contributed by atoms with E-state index < -0.39 is 0 Å². The number of nitrogens with one attached hydrogen (secondary N) is 1. The minimum Gasteiger partial charge on any atom is -0.384 e. The Morgan fingerprint density at radius 1 is 1.45 bits per heavy atom. The van der Waals surface area contributed by atoms with Crippen molar-refractivity contribution in [1.82, 2.24) is 9.62 Å². The summed E-state index contributed by atoms with van der Waals surface area (Å²) in [5.74, 6) is 1.08. The van der Waals surface area contributed by atoms with E-state index in [1.54, 1.807) is 7.11 Å². The van der Waals surface area contributed by atoms with E-state index in [1.165, 1.54) is 0 Å². The van der Waals surface area contributed by atoms with Crippen LogP contribution in [0.1, 0.15) is 0 Å². The Morgan fingerprint density at radius 3 is 2.82 bits per heavy atom. The second-order valence-corrected chi connectivity index (χ2v) is 3.69. The molecule has 0 bridgehead atoms. The van der Waals surface area contributed by atoms with Crippen molar-refractivity contribution in [3.63, 3.8) is 0 Å². The van der Waals surface area contributed by atoms with E-state index in [-0.39, 0.29) is 0 Å². The van der Waals surface area contributed by atoms with E-state index in [9.17, 15) is 0 Å². The van der Waals surface area contributed by atoms with Crippen LogP contribution in [0.15, 0.2) is 0 Å². The number of ether oxygens (including phenoxy) is 1. The SMILES string of the molecule is COCCSN1CCNCC1. The molecule has 1 aliphatic heterocycles. The van der Waals surface area contributed by atoms with Crippen molar-refractivity contribution in [3.05, 3.63) is 0 Å². The van der Waals surface area contributed by atoms with Crippen molar-refractivity contribution < 1.29 is 4.74 Å². The minimum atomic E-state index is 0.856. The normalized spacial score (nSPS) is 20.5. The van der Waals surface area contributed by atoms with Crippen molar-refractivity contribution in [2.45, 2.75) is 0 Å². The number of hydrogen-bond acceptors (Lipinski definition) is 4. The first-order valence-electron chi connectivity index (χ1n) is 4.01. The third-order valence-electron chi connectivity index (χ3n) is 1.64. The molecule has 0 radical (unpaired) electrons. The topological polar surface area (TPSA) is 24.5 Å². The van der Waals surface area contributed by atoms with Crippen molar-refractivity contribution in [2.75, 3.05) is 45.6 Å². The van der Waals surface area contributed by atoms with Gasteiger partial charge in [0.2, 0.25) is 0 Å². The molecule has 0 unspecified atom stereocenters. The molecule has 1 heterocycles. The largest absolute Gasteiger partial charge is 0.384 e. The Bertz CT molecular complexity index is 96.4. The lowest BCUT2D eigenvalue weighted by Gasteiger charge is -2.25. The van der Waals surface area contributed by atoms with Crippen LogP contribution in [0.4, 0.5) is 0 Å². The van der Waals surface area contributed by atoms with Crippen LogP contribution in [-0.4, -0.2) is 50.0 Å². The first-order valence-corrected chi connectivity index (χ1v) is 4.95. The van der Waals surface area contributed by atoms with Gasteiger partial charge in [0.25, 0.3) is 0 Å². The minimum absolute atomic E-state index is 0.856. The lowest BCUT2D eigenvalue weighted by Crippen LogP contribution is -2.40. The van der Waals surface area contributed by atoms with Gasteiger partial charge in [0.15, 0.2) is 0 Å². The molecule has 1 rings (SSSR count). The highest BCUT2D eigenvalue weighted by molar-refractivity contribution is 7.97. The van der Waals surface area contributed by atoms with Gasteiger partial charge in [0.05, 0.1) is 6.61 Å². The Kier molecular flexibility index (Phi) is 4.94. The van der Waals surface area contributed by atoms with E-state index >= 15 is 0 Å². The molecule has 0 saturated carbocycles. The number of rotatable bonds is 4. The highest BCUT2D eigenvalue weighted by atomic mass is 32.2. The van der Waals surface area contributed by atoms with E-state index in [0.29, 0.717) is 0 Å². The smallest absolute Gasteiger partial charge is 0.0565 e. The first kappa shape index (κ1) is 9.32. The standard InChI is InChI=1S/C7H16N2OS/c1-10-6-7-11-9-4-2-8-3-5-9/h8H,2-7H2,1H3. The molecule has 11 heavy (non-hydrogen) atoms. The summed E-state index contributed by atoms with van der Waals surface area (Å²) < 4.78 is 7.37. The Labute approximate surface area is 72.6 Å². The lowest BCUT2D eigenvalue weighted by molar-refractivity contribution is 0.218. The van der Waals surface area contributed by atoms with Crippen LogP contribution in [0.5, 0.6) is 0 Å². The molecule has 0 spiro atoms. The maximum Gasteiger partial charge on any atom is 0.0565 e. The zero-order valence-corrected chi connectivity index (χ0v) is 7.82. The summed E-state index contributed by atoms with van der Waals surface area (Å²) in [6.45, 7) is 5.43. The molecule has 0 aromatic heterocycles. The average molecular weight is 176 g/mol. The number of piperazine rings is 1. The molecular formula is C7H16N2OS. The summed E-state index contributed by atoms with van der Waals surface area (Å²) in [6.07, 6.45) is 0. The predicted molar refractivity (Wildman–Crippen MR) is 48.8 cm³/mol. The molecule has 66 valence electrons. The molecule has 4 heteroatoms. The Balaban J connectivity index is 1.96. The van der Waals surface area contributed by atoms with Gasteiger partial charge in [-0.2, -0.15) is 0 Å². The van der Waals surface area contributed by atoms with Gasteiger partial charge < -0.3 is 10.1 Å². The van der Waals surface area contributed by atoms with Crippen molar-refractivity contribution in [3.8, 4) is 0 Å². The second kappa shape index (κ2) is 5.83. The van der Waals surface area contributed by atoms with Gasteiger partial charge in [-0.05, 0) is 0 Å². The molecule has 1 aliphatic rings. The molecular weight excluding hydrogens is 160 g/mol. The molecule has 0 atom stereocenters. The highest BCUT2D eigenvalue weighted by Gasteiger charge is 2.08. The third-order valence-corrected chi connectivity index (χ3v) is 2.72. The van der Waals surface area contributed by atoms with Gasteiger partial charge in [-0.25, -0.2) is 4.31 Å². The number of hydrogen-bond donors (Lipinski definition) is 1. The fourth-order valence-electron chi connectivity index (χ4n) is 1.02. The zero-order chi connectivity index (χ0) is 7.94. The summed E-state index contributed by atoms with van der Waals surface area (Å²) >= 11 is 1.89. The summed E-state index contributed by atoms with van der Waals surface area (Å²) in [5, 5.41) is 3.32. The van der Waals surface area contributed by atoms with Gasteiger partial charge in [-0.15, -0.1) is 0 Å². The maximum absolute atomic E-state index is 4.97. The zero-order valence-electron chi connectivity index (χ0n) is 7.01. The molecule has 0 aromatic rings. The molecule has 1 saturated heterocycles. The summed E-state index contributed by atoms with van der Waals surface area (Å²) in [6, 6.07) is 0. The Hall–Kier alpha value is 0.230. The summed E-state index contributed by atoms with van der Waals surface area (Å²) in [7, 11) is 1.75. The number of methoxy groups -OCH3 is 1. The molecule has 1 fully saturated rings. The number of nitrogens with zero attached hydrogens (tertiary/aromatic N) is 1. The quantitative estimate of drug-likeness (QED) is 0.488. The van der Waals surface area contributed by atoms with Crippen LogP contribution in [-0.2, 0) is 4.74 Å². The van der Waals surface area contributed by atoms with E-state index in [2.05, 4.69) is 9.62 Å². The van der Waals surface area contributed by atoms with Gasteiger partial charge in [-0.3, -0.25) is 0 Å². The monoisotopic (exact) mass is 176 g/mol. The summed E-state index contributed by atoms with van der Waals surface area (Å²) in [5.41, 5.74) is 0. The van der Waals surface area contributed by atoms with Crippen LogP contribution < -0.4 is 5.32 Å². The molecule has 0 aromatic carbocycles. The van der Waals surface area contributed by atoms with Crippen LogP contribution in [0.25, 0.3) is 0 Å². The average Bonchev–Trinajstić information content (AvgIpc) is 2.07. The van der Waals surface area contributed by atoms with Crippen LogP contribution in [0.2, 0.25) is 0 Å². The maximum atomic E-state index is 4.97. The van der Waals surface area contributed by atoms with Crippen molar-refractivity contribution in [1.29, 1.82) is 0 Å². The first-order chi connectivity index (χ1) is 5.43. The fraction of sp³-hybridized carbons (Fsp3) is 1.00. The predicted octanol–water partition coefficient (Wildman–Crippen LogP) is 0.186. The van der Waals surface area contributed by atoms with Gasteiger partial charge in [-0.1, -0.05) is 11.9 Å². The van der Waals surface area contributed by atoms with Crippen molar-refractivity contribution >= 4 is 11.9 Å². The molecule has 0 aliphatic carbocycles. The molecule has 3 nitrogen and oxygen atoms in total. The summed E-state index contributed by atoms with van der Waals surface area (Å²) in [4.78, 5) is 0. The van der Waals surface area contributed by atoms with Crippen LogP contribution >= 0.6 is 11.9 Å². The van der Waals surface area contributed by atoms with Crippen LogP contribution in [0.3, 0.4) is 0 Å². The molecule has 0 amide bonds. The third kappa shape index (κ3) is 3.96. The lowest BCUT2D eigenvalue weighted by atomic mass is 10.4. The van der Waals surface area contributed by atoms with Gasteiger partial charge >= 0.3 is 0 Å². The van der Waals surface area contributed by atoms with E-state index in [4.69, 9.17) is 4.74 Å². The van der Waals surface area contributed by atoms with E-state index in [1.807, 2.05) is 11.9 Å². The van der Waals surface area contributed by atoms with Crippen molar-refractivity contribution in [2.24, 2.45) is 0 Å². The van der Waals surface area contributed by atoms with Gasteiger partial charge in [0.1, 0.15) is 0 Å². The highest BCUT2D eigenvalue weighted by Crippen LogP contribution is 2.09. The fourth-order valence-corrected chi connectivity index (χ4v) is 1.96. The molecule has 1 N–H and O–H groups in total. The second-order valence-electron chi connectivity index (χ2n) is 2.51. The van der Waals surface area contributed by atoms with Crippen LogP contribution in [0, 0.1) is 0 Å². The Morgan fingerprint density at radius 2 is 2.18 bits per heavy atom.